The van der Waals surface area contributed by atoms with Crippen molar-refractivity contribution in [2.24, 2.45) is 0 Å². The van der Waals surface area contributed by atoms with E-state index in [4.69, 9.17) is 9.47 Å². The molecule has 1 N–H and O–H groups in total. The number of likely N-dealkylation sites (N-methyl/N-ethyl adjacent to an activating group) is 1. The van der Waals surface area contributed by atoms with Gasteiger partial charge in [-0.3, -0.25) is 0 Å². The van der Waals surface area contributed by atoms with Crippen molar-refractivity contribution in [2.75, 3.05) is 33.9 Å². The van der Waals surface area contributed by atoms with Gasteiger partial charge in [0.1, 0.15) is 6.33 Å². The fraction of sp³-hybridized carbons (Fsp3) is 0.391. The number of benzene rings is 1. The molecule has 3 aromatic heterocycles. The zero-order chi connectivity index (χ0) is 20.8. The van der Waals surface area contributed by atoms with Crippen molar-refractivity contribution >= 4 is 16.6 Å². The van der Waals surface area contributed by atoms with Gasteiger partial charge in [0.2, 0.25) is 0 Å². The van der Waals surface area contributed by atoms with E-state index in [0.29, 0.717) is 17.3 Å². The van der Waals surface area contributed by atoms with Crippen molar-refractivity contribution in [3.8, 4) is 17.0 Å². The standard InChI is InChI=1S/C23H27N5O2/c1-14(2)21-17-9-15(20-12-27(3)7-8-30-20)5-6-18(17)26-22(21)16-10-19(29-4)23-24-13-25-28(23)11-16/h5-6,9-11,13-14,20,26H,7-8,12H2,1-4H3. The van der Waals surface area contributed by atoms with Gasteiger partial charge < -0.3 is 19.4 Å². The number of nitrogens with zero attached hydrogens (tertiary/aromatic N) is 4. The Morgan fingerprint density at radius 3 is 2.90 bits per heavy atom. The molecule has 4 heterocycles. The molecule has 1 aliphatic rings. The summed E-state index contributed by atoms with van der Waals surface area (Å²) in [5.41, 5.74) is 6.47. The largest absolute Gasteiger partial charge is 0.493 e. The minimum Gasteiger partial charge on any atom is -0.493 e. The lowest BCUT2D eigenvalue weighted by molar-refractivity contribution is -0.0208. The second-order valence-corrected chi connectivity index (χ2v) is 8.32. The zero-order valence-corrected chi connectivity index (χ0v) is 17.8. The number of hydrogen-bond acceptors (Lipinski definition) is 5. The van der Waals surface area contributed by atoms with Crippen molar-refractivity contribution in [2.45, 2.75) is 25.9 Å². The Balaban J connectivity index is 1.66. The topological polar surface area (TPSA) is 67.7 Å². The normalized spacial score (nSPS) is 18.0. The fourth-order valence-electron chi connectivity index (χ4n) is 4.42. The van der Waals surface area contributed by atoms with Crippen molar-refractivity contribution in [3.63, 3.8) is 0 Å². The van der Waals surface area contributed by atoms with Gasteiger partial charge >= 0.3 is 0 Å². The first-order valence-electron chi connectivity index (χ1n) is 10.4. The van der Waals surface area contributed by atoms with Crippen LogP contribution in [-0.2, 0) is 4.74 Å². The lowest BCUT2D eigenvalue weighted by Crippen LogP contribution is -2.35. The highest BCUT2D eigenvalue weighted by Crippen LogP contribution is 2.38. The van der Waals surface area contributed by atoms with Gasteiger partial charge in [0, 0.05) is 35.8 Å². The van der Waals surface area contributed by atoms with Crippen molar-refractivity contribution in [1.82, 2.24) is 24.5 Å². The lowest BCUT2D eigenvalue weighted by Gasteiger charge is -2.30. The van der Waals surface area contributed by atoms with Gasteiger partial charge in [0.05, 0.1) is 25.5 Å². The van der Waals surface area contributed by atoms with E-state index in [2.05, 4.69) is 59.1 Å². The molecule has 1 unspecified atom stereocenters. The van der Waals surface area contributed by atoms with E-state index in [-0.39, 0.29) is 6.10 Å². The van der Waals surface area contributed by atoms with Gasteiger partial charge in [0.25, 0.3) is 0 Å². The molecule has 7 nitrogen and oxygen atoms in total. The number of aromatic amines is 1. The van der Waals surface area contributed by atoms with Crippen LogP contribution in [0.25, 0.3) is 27.8 Å². The average molecular weight is 406 g/mol. The average Bonchev–Trinajstić information content (AvgIpc) is 3.36. The van der Waals surface area contributed by atoms with Crippen LogP contribution < -0.4 is 4.74 Å². The summed E-state index contributed by atoms with van der Waals surface area (Å²) >= 11 is 0. The third kappa shape index (κ3) is 3.14. The summed E-state index contributed by atoms with van der Waals surface area (Å²) in [7, 11) is 3.81. The molecule has 1 saturated heterocycles. The first-order chi connectivity index (χ1) is 14.5. The number of hydrogen-bond donors (Lipinski definition) is 1. The minimum absolute atomic E-state index is 0.109. The highest BCUT2D eigenvalue weighted by molar-refractivity contribution is 5.92. The molecule has 1 fully saturated rings. The molecule has 1 atom stereocenters. The molecule has 0 amide bonds. The van der Waals surface area contributed by atoms with Crippen LogP contribution in [0.15, 0.2) is 36.8 Å². The number of rotatable bonds is 4. The summed E-state index contributed by atoms with van der Waals surface area (Å²) in [6.07, 6.45) is 3.66. The molecule has 1 aliphatic heterocycles. The van der Waals surface area contributed by atoms with E-state index in [1.54, 1.807) is 18.0 Å². The summed E-state index contributed by atoms with van der Waals surface area (Å²) in [4.78, 5) is 10.3. The van der Waals surface area contributed by atoms with E-state index in [1.807, 2.05) is 12.3 Å². The molecule has 30 heavy (non-hydrogen) atoms. The number of morpholine rings is 1. The van der Waals surface area contributed by atoms with Crippen molar-refractivity contribution < 1.29 is 9.47 Å². The van der Waals surface area contributed by atoms with Gasteiger partial charge in [0.15, 0.2) is 11.4 Å². The Labute approximate surface area is 175 Å². The summed E-state index contributed by atoms with van der Waals surface area (Å²) in [6.45, 7) is 7.13. The molecule has 0 aliphatic carbocycles. The molecule has 0 spiro atoms. The van der Waals surface area contributed by atoms with E-state index < -0.39 is 0 Å². The maximum absolute atomic E-state index is 6.06. The van der Waals surface area contributed by atoms with E-state index in [1.165, 1.54) is 16.5 Å². The third-order valence-corrected chi connectivity index (χ3v) is 5.93. The van der Waals surface area contributed by atoms with Crippen molar-refractivity contribution in [1.29, 1.82) is 0 Å². The highest BCUT2D eigenvalue weighted by Gasteiger charge is 2.23. The summed E-state index contributed by atoms with van der Waals surface area (Å²) in [5, 5.41) is 5.56. The van der Waals surface area contributed by atoms with Crippen LogP contribution in [-0.4, -0.2) is 58.3 Å². The van der Waals surface area contributed by atoms with Gasteiger partial charge in [-0.25, -0.2) is 9.50 Å². The van der Waals surface area contributed by atoms with Crippen LogP contribution >= 0.6 is 0 Å². The second-order valence-electron chi connectivity index (χ2n) is 8.32. The van der Waals surface area contributed by atoms with Gasteiger partial charge in [-0.15, -0.1) is 0 Å². The minimum atomic E-state index is 0.109. The molecule has 0 saturated carbocycles. The van der Waals surface area contributed by atoms with Crippen LogP contribution in [0.2, 0.25) is 0 Å². The lowest BCUT2D eigenvalue weighted by atomic mass is 9.95. The molecule has 156 valence electrons. The summed E-state index contributed by atoms with van der Waals surface area (Å²) < 4.78 is 13.4. The number of aromatic nitrogens is 4. The number of fused-ring (bicyclic) bond motifs is 2. The smallest absolute Gasteiger partial charge is 0.197 e. The fourth-order valence-corrected chi connectivity index (χ4v) is 4.42. The zero-order valence-electron chi connectivity index (χ0n) is 17.8. The number of pyridine rings is 1. The maximum Gasteiger partial charge on any atom is 0.197 e. The third-order valence-electron chi connectivity index (χ3n) is 5.93. The Morgan fingerprint density at radius 1 is 1.27 bits per heavy atom. The number of methoxy groups -OCH3 is 1. The van der Waals surface area contributed by atoms with Gasteiger partial charge in [-0.05, 0) is 42.3 Å². The van der Waals surface area contributed by atoms with E-state index in [9.17, 15) is 0 Å². The highest BCUT2D eigenvalue weighted by atomic mass is 16.5. The van der Waals surface area contributed by atoms with Gasteiger partial charge in [-0.1, -0.05) is 19.9 Å². The number of nitrogens with one attached hydrogen (secondary N) is 1. The Bertz CT molecular complexity index is 1210. The molecule has 7 heteroatoms. The molecular formula is C23H27N5O2. The van der Waals surface area contributed by atoms with Crippen LogP contribution in [0.1, 0.15) is 37.0 Å². The van der Waals surface area contributed by atoms with Crippen LogP contribution in [0, 0.1) is 0 Å². The SMILES string of the molecule is COc1cc(-c2[nH]c3ccc(C4CN(C)CCO4)cc3c2C(C)C)cn2ncnc12. The molecular weight excluding hydrogens is 378 g/mol. The molecule has 0 radical (unpaired) electrons. The van der Waals surface area contributed by atoms with Crippen molar-refractivity contribution in [3.05, 3.63) is 47.9 Å². The summed E-state index contributed by atoms with van der Waals surface area (Å²) in [5.74, 6) is 1.05. The summed E-state index contributed by atoms with van der Waals surface area (Å²) in [6, 6.07) is 8.67. The Kier molecular flexibility index (Phi) is 4.72. The first-order valence-corrected chi connectivity index (χ1v) is 10.4. The van der Waals surface area contributed by atoms with Gasteiger partial charge in [-0.2, -0.15) is 5.10 Å². The predicted molar refractivity (Wildman–Crippen MR) is 117 cm³/mol. The van der Waals surface area contributed by atoms with E-state index >= 15 is 0 Å². The van der Waals surface area contributed by atoms with E-state index in [0.717, 1.165) is 36.5 Å². The Morgan fingerprint density at radius 2 is 2.13 bits per heavy atom. The first kappa shape index (κ1) is 19.1. The predicted octanol–water partition coefficient (Wildman–Crippen LogP) is 4.01. The Hall–Kier alpha value is -2.90. The number of H-pyrrole nitrogens is 1. The quantitative estimate of drug-likeness (QED) is 0.556. The van der Waals surface area contributed by atoms with Crippen LogP contribution in [0.4, 0.5) is 0 Å². The van der Waals surface area contributed by atoms with Crippen LogP contribution in [0.3, 0.4) is 0 Å². The monoisotopic (exact) mass is 405 g/mol. The molecule has 1 aromatic carbocycles. The molecule has 5 rings (SSSR count). The molecule has 0 bridgehead atoms. The van der Waals surface area contributed by atoms with Crippen LogP contribution in [0.5, 0.6) is 5.75 Å². The molecule has 4 aromatic rings. The second kappa shape index (κ2) is 7.41. The number of ether oxygens (including phenoxy) is 2. The maximum atomic E-state index is 6.06.